The minimum atomic E-state index is -3.05. The van der Waals surface area contributed by atoms with Crippen LogP contribution in [0.3, 0.4) is 0 Å². The summed E-state index contributed by atoms with van der Waals surface area (Å²) in [5.41, 5.74) is 0.644. The highest BCUT2D eigenvalue weighted by atomic mass is 19.3. The van der Waals surface area contributed by atoms with Gasteiger partial charge in [0, 0.05) is 5.56 Å². The smallest absolute Gasteiger partial charge is 0.387 e. The molecule has 3 rings (SSSR count). The number of halogens is 2. The summed E-state index contributed by atoms with van der Waals surface area (Å²) in [6, 6.07) is 14.7. The molecule has 1 heterocycles. The van der Waals surface area contributed by atoms with Crippen LogP contribution >= 0.6 is 0 Å². The minimum absolute atomic E-state index is 0.0229. The fourth-order valence-electron chi connectivity index (χ4n) is 2.56. The molecule has 0 aliphatic rings. The maximum atomic E-state index is 12.5. The molecule has 0 saturated carbocycles. The normalized spacial score (nSPS) is 11.8. The van der Waals surface area contributed by atoms with E-state index in [1.165, 1.54) is 31.2 Å². The largest absolute Gasteiger partial charge is 0.448 e. The highest BCUT2D eigenvalue weighted by molar-refractivity contribution is 5.98. The molecule has 0 saturated heterocycles. The van der Waals surface area contributed by atoms with Crippen molar-refractivity contribution in [3.8, 4) is 17.2 Å². The number of carbonyl (C=O) groups excluding carboxylic acids is 2. The molecule has 156 valence electrons. The number of nitrogens with zero attached hydrogens (tertiary/aromatic N) is 1. The SMILES string of the molecule is Cc1oc(-c2ccccc2)nc1C(=O)O[C@H](C)C(=O)Nc1ccccc1OC(F)F. The number of anilines is 1. The van der Waals surface area contributed by atoms with Crippen LogP contribution in [-0.4, -0.2) is 29.6 Å². The maximum absolute atomic E-state index is 12.5. The number of para-hydroxylation sites is 2. The average Bonchev–Trinajstić information content (AvgIpc) is 3.11. The van der Waals surface area contributed by atoms with Crippen LogP contribution in [0.25, 0.3) is 11.5 Å². The summed E-state index contributed by atoms with van der Waals surface area (Å²) in [4.78, 5) is 28.9. The number of ether oxygens (including phenoxy) is 2. The van der Waals surface area contributed by atoms with Gasteiger partial charge in [-0.15, -0.1) is 0 Å². The molecule has 3 aromatic rings. The van der Waals surface area contributed by atoms with Gasteiger partial charge in [0.1, 0.15) is 11.5 Å². The number of nitrogens with one attached hydrogen (secondary N) is 1. The molecule has 0 spiro atoms. The van der Waals surface area contributed by atoms with E-state index in [0.717, 1.165) is 0 Å². The van der Waals surface area contributed by atoms with E-state index in [4.69, 9.17) is 9.15 Å². The minimum Gasteiger partial charge on any atom is -0.448 e. The van der Waals surface area contributed by atoms with Gasteiger partial charge >= 0.3 is 12.6 Å². The lowest BCUT2D eigenvalue weighted by molar-refractivity contribution is -0.123. The van der Waals surface area contributed by atoms with E-state index in [1.54, 1.807) is 31.2 Å². The number of benzene rings is 2. The maximum Gasteiger partial charge on any atom is 0.387 e. The van der Waals surface area contributed by atoms with Crippen molar-refractivity contribution >= 4 is 17.6 Å². The topological polar surface area (TPSA) is 90.7 Å². The Hall–Kier alpha value is -3.75. The number of hydrogen-bond acceptors (Lipinski definition) is 6. The standard InChI is InChI=1S/C21H18F2N2O5/c1-12-17(25-19(28-12)14-8-4-3-5-9-14)20(27)29-13(2)18(26)24-15-10-6-7-11-16(15)30-21(22)23/h3-11,13,21H,1-2H3,(H,24,26)/t13-/m1/s1. The molecular weight excluding hydrogens is 398 g/mol. The molecule has 0 bridgehead atoms. The predicted octanol–water partition coefficient (Wildman–Crippen LogP) is 4.44. The first-order valence-corrected chi connectivity index (χ1v) is 8.93. The van der Waals surface area contributed by atoms with Crippen LogP contribution in [0.15, 0.2) is 59.0 Å². The van der Waals surface area contributed by atoms with Crippen molar-refractivity contribution in [1.29, 1.82) is 0 Å². The van der Waals surface area contributed by atoms with E-state index in [2.05, 4.69) is 15.0 Å². The molecule has 7 nitrogen and oxygen atoms in total. The fourth-order valence-corrected chi connectivity index (χ4v) is 2.56. The molecule has 30 heavy (non-hydrogen) atoms. The Balaban J connectivity index is 1.68. The van der Waals surface area contributed by atoms with E-state index in [0.29, 0.717) is 5.56 Å². The first kappa shape index (κ1) is 21.0. The molecule has 0 fully saturated rings. The second kappa shape index (κ2) is 9.17. The van der Waals surface area contributed by atoms with Gasteiger partial charge in [-0.3, -0.25) is 4.79 Å². The number of aromatic nitrogens is 1. The van der Waals surface area contributed by atoms with Crippen LogP contribution in [0.1, 0.15) is 23.2 Å². The molecule has 1 amide bonds. The Morgan fingerprint density at radius 3 is 2.43 bits per heavy atom. The Kier molecular flexibility index (Phi) is 6.41. The first-order valence-electron chi connectivity index (χ1n) is 8.93. The van der Waals surface area contributed by atoms with Gasteiger partial charge in [-0.1, -0.05) is 30.3 Å². The van der Waals surface area contributed by atoms with Crippen LogP contribution in [-0.2, 0) is 9.53 Å². The zero-order valence-electron chi connectivity index (χ0n) is 16.1. The molecule has 2 aromatic carbocycles. The lowest BCUT2D eigenvalue weighted by Gasteiger charge is -2.15. The molecule has 0 aliphatic carbocycles. The molecular formula is C21H18F2N2O5. The lowest BCUT2D eigenvalue weighted by Crippen LogP contribution is -2.30. The molecule has 0 radical (unpaired) electrons. The molecule has 0 unspecified atom stereocenters. The van der Waals surface area contributed by atoms with Crippen molar-refractivity contribution in [1.82, 2.24) is 4.98 Å². The summed E-state index contributed by atoms with van der Waals surface area (Å²) in [5, 5.41) is 2.40. The first-order chi connectivity index (χ1) is 14.3. The molecule has 1 N–H and O–H groups in total. The summed E-state index contributed by atoms with van der Waals surface area (Å²) in [6.45, 7) is -0.150. The van der Waals surface area contributed by atoms with Crippen LogP contribution in [0.5, 0.6) is 5.75 Å². The van der Waals surface area contributed by atoms with E-state index < -0.39 is 24.6 Å². The van der Waals surface area contributed by atoms with Gasteiger partial charge in [0.05, 0.1) is 5.69 Å². The molecule has 1 atom stereocenters. The average molecular weight is 416 g/mol. The fraction of sp³-hybridized carbons (Fsp3) is 0.190. The second-order valence-corrected chi connectivity index (χ2v) is 6.20. The Morgan fingerprint density at radius 1 is 1.07 bits per heavy atom. The lowest BCUT2D eigenvalue weighted by atomic mass is 10.2. The number of carbonyl (C=O) groups is 2. The summed E-state index contributed by atoms with van der Waals surface area (Å²) in [7, 11) is 0. The zero-order valence-corrected chi connectivity index (χ0v) is 16.1. The van der Waals surface area contributed by atoms with Crippen LogP contribution in [0.2, 0.25) is 0 Å². The molecule has 9 heteroatoms. The third-order valence-electron chi connectivity index (χ3n) is 4.02. The third kappa shape index (κ3) is 4.99. The number of esters is 1. The predicted molar refractivity (Wildman–Crippen MR) is 103 cm³/mol. The quantitative estimate of drug-likeness (QED) is 0.573. The molecule has 0 aliphatic heterocycles. The van der Waals surface area contributed by atoms with Crippen LogP contribution in [0, 0.1) is 6.92 Å². The van der Waals surface area contributed by atoms with Crippen molar-refractivity contribution < 1.29 is 32.3 Å². The molecule has 1 aromatic heterocycles. The number of hydrogen-bond donors (Lipinski definition) is 1. The summed E-state index contributed by atoms with van der Waals surface area (Å²) < 4.78 is 40.0. The monoisotopic (exact) mass is 416 g/mol. The Morgan fingerprint density at radius 2 is 1.73 bits per heavy atom. The van der Waals surface area contributed by atoms with E-state index >= 15 is 0 Å². The Labute approximate surface area is 170 Å². The van der Waals surface area contributed by atoms with Crippen molar-refractivity contribution in [3.05, 3.63) is 66.1 Å². The van der Waals surface area contributed by atoms with Crippen LogP contribution in [0.4, 0.5) is 14.5 Å². The number of alkyl halides is 2. The second-order valence-electron chi connectivity index (χ2n) is 6.20. The van der Waals surface area contributed by atoms with E-state index in [1.807, 2.05) is 6.07 Å². The van der Waals surface area contributed by atoms with Gasteiger partial charge in [0.25, 0.3) is 5.91 Å². The van der Waals surface area contributed by atoms with Gasteiger partial charge in [0.2, 0.25) is 5.89 Å². The number of oxazole rings is 1. The van der Waals surface area contributed by atoms with Gasteiger partial charge in [-0.25, -0.2) is 9.78 Å². The van der Waals surface area contributed by atoms with Crippen molar-refractivity contribution in [2.24, 2.45) is 0 Å². The third-order valence-corrected chi connectivity index (χ3v) is 4.02. The summed E-state index contributed by atoms with van der Waals surface area (Å²) in [5.74, 6) is -1.30. The zero-order chi connectivity index (χ0) is 21.7. The highest BCUT2D eigenvalue weighted by Crippen LogP contribution is 2.26. The number of rotatable bonds is 7. The van der Waals surface area contributed by atoms with Crippen LogP contribution < -0.4 is 10.1 Å². The van der Waals surface area contributed by atoms with E-state index in [-0.39, 0.29) is 28.8 Å². The van der Waals surface area contributed by atoms with Crippen molar-refractivity contribution in [2.75, 3.05) is 5.32 Å². The summed E-state index contributed by atoms with van der Waals surface area (Å²) >= 11 is 0. The van der Waals surface area contributed by atoms with Gasteiger partial charge in [-0.05, 0) is 38.1 Å². The van der Waals surface area contributed by atoms with Crippen molar-refractivity contribution in [2.45, 2.75) is 26.6 Å². The van der Waals surface area contributed by atoms with E-state index in [9.17, 15) is 18.4 Å². The number of amides is 1. The van der Waals surface area contributed by atoms with Gasteiger partial charge in [0.15, 0.2) is 11.8 Å². The highest BCUT2D eigenvalue weighted by Gasteiger charge is 2.25. The Bertz CT molecular complexity index is 1040. The van der Waals surface area contributed by atoms with Crippen molar-refractivity contribution in [3.63, 3.8) is 0 Å². The van der Waals surface area contributed by atoms with Gasteiger partial charge in [-0.2, -0.15) is 8.78 Å². The van der Waals surface area contributed by atoms with Gasteiger partial charge < -0.3 is 19.2 Å². The summed E-state index contributed by atoms with van der Waals surface area (Å²) in [6.07, 6.45) is -1.23. The number of aryl methyl sites for hydroxylation is 1.